The molecule has 8 aromatic carbocycles. The van der Waals surface area contributed by atoms with Crippen LogP contribution < -0.4 is 4.90 Å². The van der Waals surface area contributed by atoms with Gasteiger partial charge in [-0.05, 0) is 85.9 Å². The molecule has 0 saturated carbocycles. The van der Waals surface area contributed by atoms with E-state index in [1.807, 2.05) is 0 Å². The van der Waals surface area contributed by atoms with Crippen molar-refractivity contribution in [3.63, 3.8) is 0 Å². The fraction of sp³-hybridized carbons (Fsp3) is 0.0638. The number of furan rings is 1. The van der Waals surface area contributed by atoms with Crippen molar-refractivity contribution in [2.45, 2.75) is 19.3 Å². The average molecular weight is 628 g/mol. The lowest BCUT2D eigenvalue weighted by Crippen LogP contribution is -2.16. The van der Waals surface area contributed by atoms with Crippen LogP contribution >= 0.6 is 0 Å². The van der Waals surface area contributed by atoms with Crippen LogP contribution in [0.3, 0.4) is 0 Å². The number of hydrogen-bond acceptors (Lipinski definition) is 2. The van der Waals surface area contributed by atoms with Crippen LogP contribution in [-0.4, -0.2) is 0 Å². The van der Waals surface area contributed by atoms with Gasteiger partial charge in [0.05, 0.1) is 5.69 Å². The molecule has 1 aliphatic carbocycles. The standard InChI is InChI=1S/C47H33NO/c1-47(2)41-19-11-10-18-38(41)39-25-23-35(29-42(39)47)48(34-22-20-30-12-6-7-16-33(30)28-34)43-27-26-36(31-13-4-3-5-14-31)44-40-24-21-32-15-8-9-17-37(32)45(40)49-46(43)44/h3-29H,1-2H3. The molecule has 2 nitrogen and oxygen atoms in total. The number of benzene rings is 8. The van der Waals surface area contributed by atoms with Gasteiger partial charge in [0.25, 0.3) is 0 Å². The molecular weight excluding hydrogens is 595 g/mol. The molecule has 1 heterocycles. The molecule has 1 aliphatic rings. The lowest BCUT2D eigenvalue weighted by molar-refractivity contribution is 0.660. The molecule has 1 aromatic heterocycles. The Kier molecular flexibility index (Phi) is 5.95. The molecular formula is C47H33NO. The van der Waals surface area contributed by atoms with Crippen LogP contribution in [0.25, 0.3) is 65.7 Å². The molecule has 2 heteroatoms. The maximum atomic E-state index is 7.11. The molecule has 0 unspecified atom stereocenters. The van der Waals surface area contributed by atoms with Gasteiger partial charge in [0, 0.05) is 32.9 Å². The van der Waals surface area contributed by atoms with Gasteiger partial charge in [-0.15, -0.1) is 0 Å². The molecule has 0 bridgehead atoms. The third-order valence-electron chi connectivity index (χ3n) is 10.6. The van der Waals surface area contributed by atoms with Gasteiger partial charge in [0.15, 0.2) is 5.58 Å². The zero-order chi connectivity index (χ0) is 32.7. The monoisotopic (exact) mass is 627 g/mol. The number of nitrogens with zero attached hydrogens (tertiary/aromatic N) is 1. The summed E-state index contributed by atoms with van der Waals surface area (Å²) in [6.07, 6.45) is 0. The molecule has 9 aromatic rings. The molecule has 0 N–H and O–H groups in total. The maximum Gasteiger partial charge on any atom is 0.160 e. The van der Waals surface area contributed by atoms with Crippen LogP contribution in [0.15, 0.2) is 168 Å². The number of fused-ring (bicyclic) bond motifs is 9. The lowest BCUT2D eigenvalue weighted by Gasteiger charge is -2.28. The summed E-state index contributed by atoms with van der Waals surface area (Å²) in [5.41, 5.74) is 12.6. The van der Waals surface area contributed by atoms with Gasteiger partial charge in [-0.2, -0.15) is 0 Å². The Bertz CT molecular complexity index is 2750. The first kappa shape index (κ1) is 27.9. The maximum absolute atomic E-state index is 7.11. The zero-order valence-corrected chi connectivity index (χ0v) is 27.4. The normalized spacial score (nSPS) is 13.3. The molecule has 0 radical (unpaired) electrons. The smallest absolute Gasteiger partial charge is 0.160 e. The highest BCUT2D eigenvalue weighted by Gasteiger charge is 2.36. The van der Waals surface area contributed by atoms with Gasteiger partial charge in [0.2, 0.25) is 0 Å². The van der Waals surface area contributed by atoms with Crippen LogP contribution in [0.4, 0.5) is 17.1 Å². The van der Waals surface area contributed by atoms with Gasteiger partial charge in [-0.1, -0.05) is 141 Å². The summed E-state index contributed by atoms with van der Waals surface area (Å²) < 4.78 is 7.11. The summed E-state index contributed by atoms with van der Waals surface area (Å²) in [6.45, 7) is 4.69. The number of hydrogen-bond donors (Lipinski definition) is 0. The van der Waals surface area contributed by atoms with E-state index < -0.39 is 0 Å². The van der Waals surface area contributed by atoms with Gasteiger partial charge in [0.1, 0.15) is 5.58 Å². The van der Waals surface area contributed by atoms with E-state index in [1.54, 1.807) is 0 Å². The topological polar surface area (TPSA) is 16.4 Å². The minimum Gasteiger partial charge on any atom is -0.453 e. The van der Waals surface area contributed by atoms with E-state index >= 15 is 0 Å². The first-order chi connectivity index (χ1) is 24.1. The molecule has 49 heavy (non-hydrogen) atoms. The first-order valence-corrected chi connectivity index (χ1v) is 17.0. The predicted octanol–water partition coefficient (Wildman–Crippen LogP) is 13.3. The highest BCUT2D eigenvalue weighted by molar-refractivity contribution is 6.22. The van der Waals surface area contributed by atoms with E-state index in [0.29, 0.717) is 0 Å². The Balaban J connectivity index is 1.29. The Hall–Kier alpha value is -6.12. The van der Waals surface area contributed by atoms with Crippen molar-refractivity contribution in [1.82, 2.24) is 0 Å². The van der Waals surface area contributed by atoms with Crippen LogP contribution in [0.5, 0.6) is 0 Å². The average Bonchev–Trinajstić information content (AvgIpc) is 3.66. The lowest BCUT2D eigenvalue weighted by atomic mass is 9.82. The van der Waals surface area contributed by atoms with Crippen molar-refractivity contribution in [3.05, 3.63) is 175 Å². The van der Waals surface area contributed by atoms with Crippen LogP contribution in [0, 0.1) is 0 Å². The highest BCUT2D eigenvalue weighted by Crippen LogP contribution is 2.52. The van der Waals surface area contributed by atoms with Crippen molar-refractivity contribution < 1.29 is 4.42 Å². The van der Waals surface area contributed by atoms with Crippen LogP contribution in [-0.2, 0) is 5.41 Å². The molecule has 0 saturated heterocycles. The Labute approximate surface area is 285 Å². The highest BCUT2D eigenvalue weighted by atomic mass is 16.3. The summed E-state index contributed by atoms with van der Waals surface area (Å²) >= 11 is 0. The fourth-order valence-corrected chi connectivity index (χ4v) is 8.20. The minimum atomic E-state index is -0.123. The van der Waals surface area contributed by atoms with Gasteiger partial charge in [-0.3, -0.25) is 0 Å². The van der Waals surface area contributed by atoms with Crippen molar-refractivity contribution in [2.24, 2.45) is 0 Å². The molecule has 10 rings (SSSR count). The van der Waals surface area contributed by atoms with E-state index in [-0.39, 0.29) is 5.41 Å². The summed E-state index contributed by atoms with van der Waals surface area (Å²) in [7, 11) is 0. The SMILES string of the molecule is CC1(C)c2ccccc2-c2ccc(N(c3ccc4ccccc4c3)c3ccc(-c4ccccc4)c4c3oc3c5ccccc5ccc34)cc21. The van der Waals surface area contributed by atoms with Crippen molar-refractivity contribution in [1.29, 1.82) is 0 Å². The van der Waals surface area contributed by atoms with E-state index in [0.717, 1.165) is 50.0 Å². The number of anilines is 3. The van der Waals surface area contributed by atoms with Crippen molar-refractivity contribution in [3.8, 4) is 22.3 Å². The largest absolute Gasteiger partial charge is 0.453 e. The second kappa shape index (κ2) is 10.4. The summed E-state index contributed by atoms with van der Waals surface area (Å²) in [4.78, 5) is 2.40. The van der Waals surface area contributed by atoms with Gasteiger partial charge >= 0.3 is 0 Å². The van der Waals surface area contributed by atoms with E-state index in [1.165, 1.54) is 44.0 Å². The molecule has 0 aliphatic heterocycles. The van der Waals surface area contributed by atoms with Crippen LogP contribution in [0.2, 0.25) is 0 Å². The van der Waals surface area contributed by atoms with Crippen molar-refractivity contribution >= 4 is 60.5 Å². The van der Waals surface area contributed by atoms with Crippen molar-refractivity contribution in [2.75, 3.05) is 4.90 Å². The third-order valence-corrected chi connectivity index (χ3v) is 10.6. The van der Waals surface area contributed by atoms with E-state index in [9.17, 15) is 0 Å². The first-order valence-electron chi connectivity index (χ1n) is 17.0. The van der Waals surface area contributed by atoms with E-state index in [2.05, 4.69) is 183 Å². The van der Waals surface area contributed by atoms with Crippen LogP contribution in [0.1, 0.15) is 25.0 Å². The Morgan fingerprint density at radius 1 is 0.449 bits per heavy atom. The summed E-state index contributed by atoms with van der Waals surface area (Å²) in [5, 5.41) is 6.96. The Morgan fingerprint density at radius 3 is 1.98 bits per heavy atom. The molecule has 0 fully saturated rings. The quantitative estimate of drug-likeness (QED) is 0.193. The molecule has 0 spiro atoms. The second-order valence-corrected chi connectivity index (χ2v) is 13.7. The summed E-state index contributed by atoms with van der Waals surface area (Å²) in [5.74, 6) is 0. The zero-order valence-electron chi connectivity index (χ0n) is 27.4. The molecule has 232 valence electrons. The third kappa shape index (κ3) is 4.14. The van der Waals surface area contributed by atoms with E-state index in [4.69, 9.17) is 4.42 Å². The molecule has 0 atom stereocenters. The Morgan fingerprint density at radius 2 is 1.10 bits per heavy atom. The fourth-order valence-electron chi connectivity index (χ4n) is 8.20. The second-order valence-electron chi connectivity index (χ2n) is 13.7. The predicted molar refractivity (Wildman–Crippen MR) is 206 cm³/mol. The minimum absolute atomic E-state index is 0.123. The van der Waals surface area contributed by atoms with Gasteiger partial charge in [-0.25, -0.2) is 0 Å². The molecule has 0 amide bonds. The summed E-state index contributed by atoms with van der Waals surface area (Å²) in [6, 6.07) is 59.4. The number of rotatable bonds is 4. The van der Waals surface area contributed by atoms with Gasteiger partial charge < -0.3 is 9.32 Å².